The van der Waals surface area contributed by atoms with Crippen molar-refractivity contribution in [1.82, 2.24) is 9.97 Å². The van der Waals surface area contributed by atoms with Crippen LogP contribution in [0.25, 0.3) is 0 Å². The fourth-order valence-corrected chi connectivity index (χ4v) is 3.05. The zero-order valence-corrected chi connectivity index (χ0v) is 13.2. The van der Waals surface area contributed by atoms with Crippen molar-refractivity contribution in [2.24, 2.45) is 0 Å². The summed E-state index contributed by atoms with van der Waals surface area (Å²) in [6, 6.07) is 9.44. The first-order valence-electron chi connectivity index (χ1n) is 7.00. The molecule has 2 rings (SSSR count). The van der Waals surface area contributed by atoms with Gasteiger partial charge in [0.05, 0.1) is 23.9 Å². The molecule has 0 bridgehead atoms. The Labute approximate surface area is 134 Å². The van der Waals surface area contributed by atoms with Gasteiger partial charge in [0, 0.05) is 6.54 Å². The number of carbonyl (C=O) groups is 1. The number of aromatic nitrogens is 2. The average molecular weight is 335 g/mol. The molecular weight excluding hydrogens is 318 g/mol. The monoisotopic (exact) mass is 335 g/mol. The molecule has 0 aliphatic heterocycles. The van der Waals surface area contributed by atoms with Gasteiger partial charge in [-0.3, -0.25) is 0 Å². The van der Waals surface area contributed by atoms with E-state index >= 15 is 0 Å². The van der Waals surface area contributed by atoms with E-state index in [4.69, 9.17) is 5.11 Å². The molecule has 1 aromatic heterocycles. The second kappa shape index (κ2) is 7.68. The van der Waals surface area contributed by atoms with Gasteiger partial charge in [-0.25, -0.2) is 23.2 Å². The average Bonchev–Trinajstić information content (AvgIpc) is 2.54. The second-order valence-electron chi connectivity index (χ2n) is 4.91. The fourth-order valence-electron chi connectivity index (χ4n) is 1.88. The molecule has 0 unspecified atom stereocenters. The van der Waals surface area contributed by atoms with Crippen molar-refractivity contribution in [3.05, 3.63) is 54.0 Å². The number of nitrogens with one attached hydrogen (secondary N) is 1. The first-order chi connectivity index (χ1) is 11.0. The predicted molar refractivity (Wildman–Crippen MR) is 86.3 cm³/mol. The number of nitrogens with zero attached hydrogens (tertiary/aromatic N) is 2. The van der Waals surface area contributed by atoms with Crippen molar-refractivity contribution in [2.75, 3.05) is 23.4 Å². The van der Waals surface area contributed by atoms with Gasteiger partial charge in [-0.15, -0.1) is 0 Å². The zero-order valence-electron chi connectivity index (χ0n) is 12.3. The highest BCUT2D eigenvalue weighted by atomic mass is 32.2. The van der Waals surface area contributed by atoms with Crippen LogP contribution in [0.1, 0.15) is 16.1 Å². The lowest BCUT2D eigenvalue weighted by atomic mass is 10.2. The minimum Gasteiger partial charge on any atom is -0.476 e. The van der Waals surface area contributed by atoms with Gasteiger partial charge in [0.2, 0.25) is 0 Å². The molecule has 7 nitrogen and oxygen atoms in total. The number of aryl methyl sites for hydroxylation is 1. The van der Waals surface area contributed by atoms with Crippen LogP contribution in [0.2, 0.25) is 0 Å². The summed E-state index contributed by atoms with van der Waals surface area (Å²) in [5.41, 5.74) is 0.824. The first-order valence-corrected chi connectivity index (χ1v) is 8.82. The van der Waals surface area contributed by atoms with Crippen molar-refractivity contribution in [2.45, 2.75) is 6.42 Å². The van der Waals surface area contributed by atoms with Gasteiger partial charge < -0.3 is 10.4 Å². The molecule has 0 saturated carbocycles. The van der Waals surface area contributed by atoms with E-state index < -0.39 is 15.8 Å². The van der Waals surface area contributed by atoms with Crippen LogP contribution in [-0.4, -0.2) is 47.5 Å². The minimum absolute atomic E-state index is 0.0256. The molecule has 23 heavy (non-hydrogen) atoms. The maximum Gasteiger partial charge on any atom is 0.356 e. The standard InChI is InChI=1S/C15H17N3O4S/c19-15(20)13-10-18-14(11-17-13)16-7-9-23(21,22)8-6-12-4-2-1-3-5-12/h1-5,10-11H,6-9H2,(H,16,18)(H,19,20). The minimum atomic E-state index is -3.18. The van der Waals surface area contributed by atoms with Crippen molar-refractivity contribution >= 4 is 21.6 Å². The normalized spacial score (nSPS) is 11.1. The molecule has 0 aliphatic rings. The molecule has 8 heteroatoms. The van der Waals surface area contributed by atoms with Gasteiger partial charge in [0.25, 0.3) is 0 Å². The Morgan fingerprint density at radius 3 is 2.43 bits per heavy atom. The van der Waals surface area contributed by atoms with E-state index in [0.29, 0.717) is 12.2 Å². The maximum absolute atomic E-state index is 12.0. The number of carboxylic acid groups (broad SMARTS) is 1. The van der Waals surface area contributed by atoms with Gasteiger partial charge in [0.15, 0.2) is 15.5 Å². The Morgan fingerprint density at radius 1 is 1.09 bits per heavy atom. The van der Waals surface area contributed by atoms with Crippen molar-refractivity contribution in [3.8, 4) is 0 Å². The molecule has 0 atom stereocenters. The summed E-state index contributed by atoms with van der Waals surface area (Å²) in [4.78, 5) is 18.2. The van der Waals surface area contributed by atoms with Crippen LogP contribution < -0.4 is 5.32 Å². The number of hydrogen-bond donors (Lipinski definition) is 2. The largest absolute Gasteiger partial charge is 0.476 e. The molecule has 0 aliphatic carbocycles. The van der Waals surface area contributed by atoms with Gasteiger partial charge in [-0.1, -0.05) is 30.3 Å². The Hall–Kier alpha value is -2.48. The Balaban J connectivity index is 1.79. The number of sulfone groups is 1. The van der Waals surface area contributed by atoms with Crippen LogP contribution in [0.3, 0.4) is 0 Å². The fraction of sp³-hybridized carbons (Fsp3) is 0.267. The third-order valence-corrected chi connectivity index (χ3v) is 4.79. The molecule has 2 aromatic rings. The Bertz CT molecular complexity index is 746. The van der Waals surface area contributed by atoms with E-state index in [2.05, 4.69) is 15.3 Å². The number of benzene rings is 1. The first kappa shape index (κ1) is 16.9. The molecule has 0 amide bonds. The van der Waals surface area contributed by atoms with E-state index in [1.54, 1.807) is 0 Å². The second-order valence-corrected chi connectivity index (χ2v) is 7.21. The topological polar surface area (TPSA) is 109 Å². The summed E-state index contributed by atoms with van der Waals surface area (Å²) < 4.78 is 24.0. The Morgan fingerprint density at radius 2 is 1.83 bits per heavy atom. The molecule has 0 saturated heterocycles. The Kier molecular flexibility index (Phi) is 5.64. The van der Waals surface area contributed by atoms with Crippen LogP contribution in [0.5, 0.6) is 0 Å². The van der Waals surface area contributed by atoms with E-state index in [9.17, 15) is 13.2 Å². The predicted octanol–water partition coefficient (Wildman–Crippen LogP) is 1.24. The number of anilines is 1. The summed E-state index contributed by atoms with van der Waals surface area (Å²) in [6.07, 6.45) is 2.87. The lowest BCUT2D eigenvalue weighted by Gasteiger charge is -2.07. The van der Waals surface area contributed by atoms with E-state index in [-0.39, 0.29) is 23.7 Å². The molecule has 0 radical (unpaired) electrons. The van der Waals surface area contributed by atoms with Gasteiger partial charge >= 0.3 is 5.97 Å². The van der Waals surface area contributed by atoms with E-state index in [1.807, 2.05) is 30.3 Å². The molecule has 122 valence electrons. The zero-order chi connectivity index (χ0) is 16.7. The number of hydrogen-bond acceptors (Lipinski definition) is 6. The van der Waals surface area contributed by atoms with Crippen LogP contribution in [-0.2, 0) is 16.3 Å². The summed E-state index contributed by atoms with van der Waals surface area (Å²) in [5, 5.41) is 11.5. The van der Waals surface area contributed by atoms with Gasteiger partial charge in [0.1, 0.15) is 5.82 Å². The third-order valence-electron chi connectivity index (χ3n) is 3.13. The molecular formula is C15H17N3O4S. The third kappa shape index (κ3) is 5.67. The molecule has 2 N–H and O–H groups in total. The van der Waals surface area contributed by atoms with Crippen LogP contribution in [0, 0.1) is 0 Å². The lowest BCUT2D eigenvalue weighted by Crippen LogP contribution is -2.20. The summed E-state index contributed by atoms with van der Waals surface area (Å²) in [7, 11) is -3.18. The molecule has 1 heterocycles. The highest BCUT2D eigenvalue weighted by molar-refractivity contribution is 7.91. The highest BCUT2D eigenvalue weighted by Crippen LogP contribution is 2.04. The summed E-state index contributed by atoms with van der Waals surface area (Å²) >= 11 is 0. The molecule has 0 fully saturated rings. The van der Waals surface area contributed by atoms with Crippen LogP contribution in [0.15, 0.2) is 42.7 Å². The maximum atomic E-state index is 12.0. The molecule has 1 aromatic carbocycles. The highest BCUT2D eigenvalue weighted by Gasteiger charge is 2.11. The smallest absolute Gasteiger partial charge is 0.356 e. The van der Waals surface area contributed by atoms with Crippen molar-refractivity contribution in [1.29, 1.82) is 0 Å². The number of aromatic carboxylic acids is 1. The van der Waals surface area contributed by atoms with E-state index in [0.717, 1.165) is 11.8 Å². The molecule has 0 spiro atoms. The SMILES string of the molecule is O=C(O)c1cnc(NCCS(=O)(=O)CCc2ccccc2)cn1. The van der Waals surface area contributed by atoms with Gasteiger partial charge in [-0.05, 0) is 12.0 Å². The lowest BCUT2D eigenvalue weighted by molar-refractivity contribution is 0.0690. The number of carboxylic acids is 1. The van der Waals surface area contributed by atoms with Crippen LogP contribution >= 0.6 is 0 Å². The quantitative estimate of drug-likeness (QED) is 0.747. The van der Waals surface area contributed by atoms with Crippen LogP contribution in [0.4, 0.5) is 5.82 Å². The van der Waals surface area contributed by atoms with Crippen molar-refractivity contribution < 1.29 is 18.3 Å². The van der Waals surface area contributed by atoms with Gasteiger partial charge in [-0.2, -0.15) is 0 Å². The van der Waals surface area contributed by atoms with E-state index in [1.165, 1.54) is 6.20 Å². The number of rotatable bonds is 8. The summed E-state index contributed by atoms with van der Waals surface area (Å²) in [6.45, 7) is 0.193. The summed E-state index contributed by atoms with van der Waals surface area (Å²) in [5.74, 6) is -0.759. The van der Waals surface area contributed by atoms with Crippen molar-refractivity contribution in [3.63, 3.8) is 0 Å².